The molecule has 1 amide bonds. The molecule has 1 heterocycles. The minimum absolute atomic E-state index is 0.0163. The van der Waals surface area contributed by atoms with E-state index >= 15 is 0 Å². The zero-order valence-electron chi connectivity index (χ0n) is 10.1. The van der Waals surface area contributed by atoms with Crippen LogP contribution in [0.4, 0.5) is 5.69 Å². The van der Waals surface area contributed by atoms with Crippen molar-refractivity contribution in [3.63, 3.8) is 0 Å². The van der Waals surface area contributed by atoms with Crippen molar-refractivity contribution in [3.8, 4) is 0 Å². The highest BCUT2D eigenvalue weighted by atomic mass is 32.2. The Bertz CT molecular complexity index is 565. The lowest BCUT2D eigenvalue weighted by atomic mass is 10.0. The second-order valence-corrected chi connectivity index (χ2v) is 5.99. The molecule has 0 radical (unpaired) electrons. The highest BCUT2D eigenvalue weighted by molar-refractivity contribution is 7.85. The predicted molar refractivity (Wildman–Crippen MR) is 67.9 cm³/mol. The minimum atomic E-state index is -3.35. The summed E-state index contributed by atoms with van der Waals surface area (Å²) < 4.78 is 26.2. The van der Waals surface area contributed by atoms with Gasteiger partial charge in [-0.3, -0.25) is 8.98 Å². The number of rotatable bonds is 5. The molecule has 0 bridgehead atoms. The molecule has 1 aliphatic heterocycles. The number of fused-ring (bicyclic) bond motifs is 1. The number of nitrogens with one attached hydrogen (secondary N) is 1. The van der Waals surface area contributed by atoms with Gasteiger partial charge in [0.1, 0.15) is 0 Å². The molecule has 1 N–H and O–H groups in total. The number of benzene rings is 1. The molecule has 0 aliphatic carbocycles. The Morgan fingerprint density at radius 2 is 2.17 bits per heavy atom. The van der Waals surface area contributed by atoms with E-state index in [4.69, 9.17) is 0 Å². The standard InChI is InChI=1S/C12H15NO4S/c1-18(15,16)17-6-2-3-9-4-5-11-10(7-9)8-12(14)13-11/h4-5,7H,2-3,6,8H2,1H3,(H,13,14). The van der Waals surface area contributed by atoms with Gasteiger partial charge >= 0.3 is 0 Å². The van der Waals surface area contributed by atoms with Gasteiger partial charge < -0.3 is 5.32 Å². The Kier molecular flexibility index (Phi) is 3.68. The molecular weight excluding hydrogens is 254 g/mol. The Morgan fingerprint density at radius 3 is 2.89 bits per heavy atom. The van der Waals surface area contributed by atoms with E-state index in [-0.39, 0.29) is 12.5 Å². The zero-order valence-corrected chi connectivity index (χ0v) is 10.9. The summed E-state index contributed by atoms with van der Waals surface area (Å²) in [5, 5.41) is 2.77. The van der Waals surface area contributed by atoms with Gasteiger partial charge in [0.15, 0.2) is 0 Å². The normalized spacial score (nSPS) is 14.4. The number of hydrogen-bond acceptors (Lipinski definition) is 4. The molecule has 5 nitrogen and oxygen atoms in total. The first-order chi connectivity index (χ1) is 8.44. The van der Waals surface area contributed by atoms with Crippen molar-refractivity contribution < 1.29 is 17.4 Å². The van der Waals surface area contributed by atoms with Crippen molar-refractivity contribution in [2.45, 2.75) is 19.3 Å². The van der Waals surface area contributed by atoms with E-state index in [0.717, 1.165) is 29.5 Å². The Hall–Kier alpha value is -1.40. The van der Waals surface area contributed by atoms with Gasteiger partial charge in [-0.15, -0.1) is 0 Å². The number of carbonyl (C=O) groups excluding carboxylic acids is 1. The van der Waals surface area contributed by atoms with E-state index in [1.54, 1.807) is 0 Å². The van der Waals surface area contributed by atoms with Gasteiger partial charge in [-0.25, -0.2) is 0 Å². The van der Waals surface area contributed by atoms with Crippen LogP contribution in [0.1, 0.15) is 17.5 Å². The molecule has 6 heteroatoms. The lowest BCUT2D eigenvalue weighted by Gasteiger charge is -2.04. The fourth-order valence-electron chi connectivity index (χ4n) is 1.92. The molecule has 1 aromatic carbocycles. The number of aryl methyl sites for hydroxylation is 1. The van der Waals surface area contributed by atoms with Crippen LogP contribution in [-0.2, 0) is 31.9 Å². The maximum atomic E-state index is 11.2. The van der Waals surface area contributed by atoms with E-state index in [1.165, 1.54) is 0 Å². The van der Waals surface area contributed by atoms with E-state index in [2.05, 4.69) is 9.50 Å². The van der Waals surface area contributed by atoms with Crippen LogP contribution in [-0.4, -0.2) is 27.2 Å². The van der Waals surface area contributed by atoms with Gasteiger partial charge in [0.05, 0.1) is 19.3 Å². The third-order valence-corrected chi connectivity index (χ3v) is 3.30. The van der Waals surface area contributed by atoms with E-state index in [0.29, 0.717) is 12.8 Å². The molecule has 0 fully saturated rings. The lowest BCUT2D eigenvalue weighted by molar-refractivity contribution is -0.115. The second-order valence-electron chi connectivity index (χ2n) is 4.35. The summed E-state index contributed by atoms with van der Waals surface area (Å²) in [6, 6.07) is 5.80. The topological polar surface area (TPSA) is 72.5 Å². The van der Waals surface area contributed by atoms with Gasteiger partial charge in [-0.05, 0) is 30.0 Å². The summed E-state index contributed by atoms with van der Waals surface area (Å²) in [5.41, 5.74) is 2.96. The van der Waals surface area contributed by atoms with Crippen molar-refractivity contribution >= 4 is 21.7 Å². The van der Waals surface area contributed by atoms with Crippen molar-refractivity contribution in [1.29, 1.82) is 0 Å². The lowest BCUT2D eigenvalue weighted by Crippen LogP contribution is -2.04. The Balaban J connectivity index is 1.88. The molecule has 0 unspecified atom stereocenters. The van der Waals surface area contributed by atoms with Gasteiger partial charge in [0.2, 0.25) is 5.91 Å². The third-order valence-electron chi connectivity index (χ3n) is 2.70. The molecule has 2 rings (SSSR count). The predicted octanol–water partition coefficient (Wildman–Crippen LogP) is 1.09. The summed E-state index contributed by atoms with van der Waals surface area (Å²) in [4.78, 5) is 11.2. The second kappa shape index (κ2) is 5.07. The molecule has 0 saturated heterocycles. The number of hydrogen-bond donors (Lipinski definition) is 1. The zero-order chi connectivity index (χ0) is 13.2. The van der Waals surface area contributed by atoms with Crippen LogP contribution in [0, 0.1) is 0 Å². The van der Waals surface area contributed by atoms with E-state index in [9.17, 15) is 13.2 Å². The molecule has 0 spiro atoms. The van der Waals surface area contributed by atoms with Crippen LogP contribution in [0.3, 0.4) is 0 Å². The highest BCUT2D eigenvalue weighted by Crippen LogP contribution is 2.24. The van der Waals surface area contributed by atoms with Gasteiger partial charge in [-0.1, -0.05) is 12.1 Å². The highest BCUT2D eigenvalue weighted by Gasteiger charge is 2.17. The molecule has 0 atom stereocenters. The largest absolute Gasteiger partial charge is 0.326 e. The van der Waals surface area contributed by atoms with Crippen LogP contribution >= 0.6 is 0 Å². The molecule has 98 valence electrons. The molecule has 0 aromatic heterocycles. The van der Waals surface area contributed by atoms with Crippen molar-refractivity contribution in [3.05, 3.63) is 29.3 Å². The average Bonchev–Trinajstić information content (AvgIpc) is 2.62. The minimum Gasteiger partial charge on any atom is -0.326 e. The first-order valence-corrected chi connectivity index (χ1v) is 7.52. The average molecular weight is 269 g/mol. The fourth-order valence-corrected chi connectivity index (χ4v) is 2.35. The van der Waals surface area contributed by atoms with E-state index in [1.807, 2.05) is 18.2 Å². The van der Waals surface area contributed by atoms with Gasteiger partial charge in [0, 0.05) is 5.69 Å². The molecule has 0 saturated carbocycles. The van der Waals surface area contributed by atoms with Gasteiger partial charge in [-0.2, -0.15) is 8.42 Å². The summed E-state index contributed by atoms with van der Waals surface area (Å²) in [6.07, 6.45) is 2.83. The number of amides is 1. The van der Waals surface area contributed by atoms with Gasteiger partial charge in [0.25, 0.3) is 10.1 Å². The number of anilines is 1. The number of carbonyl (C=O) groups is 1. The van der Waals surface area contributed by atoms with E-state index < -0.39 is 10.1 Å². The van der Waals surface area contributed by atoms with Crippen LogP contribution in [0.2, 0.25) is 0 Å². The first kappa shape index (κ1) is 13.0. The molecule has 1 aliphatic rings. The maximum absolute atomic E-state index is 11.2. The smallest absolute Gasteiger partial charge is 0.264 e. The third kappa shape index (κ3) is 3.54. The molecular formula is C12H15NO4S. The van der Waals surface area contributed by atoms with Crippen LogP contribution in [0.15, 0.2) is 18.2 Å². The summed E-state index contributed by atoms with van der Waals surface area (Å²) in [6.45, 7) is 0.188. The summed E-state index contributed by atoms with van der Waals surface area (Å²) in [5.74, 6) is 0.0163. The molecule has 18 heavy (non-hydrogen) atoms. The Labute approximate surface area is 106 Å². The van der Waals surface area contributed by atoms with Crippen molar-refractivity contribution in [2.24, 2.45) is 0 Å². The maximum Gasteiger partial charge on any atom is 0.264 e. The monoisotopic (exact) mass is 269 g/mol. The summed E-state index contributed by atoms with van der Waals surface area (Å²) >= 11 is 0. The van der Waals surface area contributed by atoms with Crippen LogP contribution in [0.25, 0.3) is 0 Å². The SMILES string of the molecule is CS(=O)(=O)OCCCc1ccc2c(c1)CC(=O)N2. The van der Waals surface area contributed by atoms with Crippen LogP contribution in [0.5, 0.6) is 0 Å². The molecule has 1 aromatic rings. The first-order valence-electron chi connectivity index (χ1n) is 5.70. The van der Waals surface area contributed by atoms with Crippen molar-refractivity contribution in [1.82, 2.24) is 0 Å². The van der Waals surface area contributed by atoms with Crippen molar-refractivity contribution in [2.75, 3.05) is 18.2 Å². The van der Waals surface area contributed by atoms with Crippen LogP contribution < -0.4 is 5.32 Å². The fraction of sp³-hybridized carbons (Fsp3) is 0.417. The summed E-state index contributed by atoms with van der Waals surface area (Å²) in [7, 11) is -3.35. The Morgan fingerprint density at radius 1 is 1.39 bits per heavy atom. The quantitative estimate of drug-likeness (QED) is 0.641.